The normalized spacial score (nSPS) is 11.5. The number of carbonyl (C=O) groups excluding carboxylic acids is 2. The molecule has 7 nitrogen and oxygen atoms in total. The van der Waals surface area contributed by atoms with Gasteiger partial charge in [0.1, 0.15) is 12.1 Å². The van der Waals surface area contributed by atoms with Crippen LogP contribution in [0.2, 0.25) is 0 Å². The molecule has 39 heavy (non-hydrogen) atoms. The first-order valence-electron chi connectivity index (χ1n) is 13.3. The predicted molar refractivity (Wildman–Crippen MR) is 154 cm³/mol. The molecule has 1 heterocycles. The Kier molecular flexibility index (Phi) is 8.59. The minimum atomic E-state index is -0.949. The van der Waals surface area contributed by atoms with Crippen LogP contribution >= 0.6 is 0 Å². The van der Waals surface area contributed by atoms with E-state index in [2.05, 4.69) is 16.8 Å². The van der Waals surface area contributed by atoms with Crippen LogP contribution in [0.25, 0.3) is 22.2 Å². The molecular weight excluding hydrogens is 490 g/mol. The fraction of sp³-hybridized carbons (Fsp3) is 0.312. The van der Waals surface area contributed by atoms with Crippen molar-refractivity contribution in [3.8, 4) is 11.1 Å². The number of hydrogen-bond acceptors (Lipinski definition) is 4. The molecule has 2 N–H and O–H groups in total. The molecule has 7 heteroatoms. The average molecular weight is 526 g/mol. The number of aldehydes is 1. The van der Waals surface area contributed by atoms with Crippen LogP contribution in [0.1, 0.15) is 68.2 Å². The van der Waals surface area contributed by atoms with Crippen LogP contribution in [-0.2, 0) is 22.6 Å². The minimum Gasteiger partial charge on any atom is -0.478 e. The van der Waals surface area contributed by atoms with Gasteiger partial charge < -0.3 is 19.8 Å². The number of amides is 1. The topological polar surface area (TPSA) is 101 Å². The molecule has 0 aliphatic carbocycles. The van der Waals surface area contributed by atoms with E-state index in [1.807, 2.05) is 68.4 Å². The van der Waals surface area contributed by atoms with Crippen molar-refractivity contribution < 1.29 is 19.5 Å². The summed E-state index contributed by atoms with van der Waals surface area (Å²) in [5, 5.41) is 12.5. The van der Waals surface area contributed by atoms with Crippen LogP contribution in [-0.4, -0.2) is 32.8 Å². The second-order valence-corrected chi connectivity index (χ2v) is 10.7. The third-order valence-electron chi connectivity index (χ3n) is 6.90. The van der Waals surface area contributed by atoms with Gasteiger partial charge in [0.15, 0.2) is 0 Å². The summed E-state index contributed by atoms with van der Waals surface area (Å²) in [5.74, 6) is -0.0891. The van der Waals surface area contributed by atoms with Gasteiger partial charge in [-0.2, -0.15) is 0 Å². The van der Waals surface area contributed by atoms with Crippen molar-refractivity contribution in [1.82, 2.24) is 9.55 Å². The second-order valence-electron chi connectivity index (χ2n) is 10.7. The van der Waals surface area contributed by atoms with Crippen LogP contribution in [0.4, 0.5) is 5.69 Å². The van der Waals surface area contributed by atoms with E-state index in [4.69, 9.17) is 4.98 Å². The van der Waals surface area contributed by atoms with E-state index in [1.54, 1.807) is 12.1 Å². The zero-order valence-electron chi connectivity index (χ0n) is 22.7. The second kappa shape index (κ2) is 12.1. The molecule has 4 aromatic rings. The molecule has 0 saturated heterocycles. The smallest absolute Gasteiger partial charge is 0.336 e. The van der Waals surface area contributed by atoms with Crippen molar-refractivity contribution in [2.45, 2.75) is 59.4 Å². The van der Waals surface area contributed by atoms with E-state index in [0.717, 1.165) is 53.5 Å². The SMILES string of the molecule is CCCCc1nc2ccc(NC(=O)CC(C)(C)CC=O)cc2n1Cc1ccc(-c2ccccc2C(=O)O)cc1. The molecule has 0 radical (unpaired) electrons. The minimum absolute atomic E-state index is 0.129. The number of aromatic nitrogens is 2. The van der Waals surface area contributed by atoms with Crippen molar-refractivity contribution in [2.75, 3.05) is 5.32 Å². The standard InChI is InChI=1S/C32H35N3O4/c1-4-5-10-29-34-27-16-15-24(33-30(37)20-32(2,3)17-18-36)19-28(27)35(29)21-22-11-13-23(14-12-22)25-8-6-7-9-26(25)31(38)39/h6-9,11-16,18-19H,4-5,10,17,20-21H2,1-3H3,(H,33,37)(H,38,39). The van der Waals surface area contributed by atoms with Crippen molar-refractivity contribution in [3.63, 3.8) is 0 Å². The van der Waals surface area contributed by atoms with Crippen molar-refractivity contribution in [3.05, 3.63) is 83.7 Å². The number of nitrogens with one attached hydrogen (secondary N) is 1. The maximum Gasteiger partial charge on any atom is 0.336 e. The average Bonchev–Trinajstić information content (AvgIpc) is 3.23. The summed E-state index contributed by atoms with van der Waals surface area (Å²) >= 11 is 0. The summed E-state index contributed by atoms with van der Waals surface area (Å²) in [6, 6.07) is 20.7. The van der Waals surface area contributed by atoms with Gasteiger partial charge in [-0.1, -0.05) is 69.7 Å². The van der Waals surface area contributed by atoms with Gasteiger partial charge in [0.25, 0.3) is 0 Å². The Morgan fingerprint density at radius 3 is 2.49 bits per heavy atom. The molecule has 202 valence electrons. The molecule has 4 rings (SSSR count). The summed E-state index contributed by atoms with van der Waals surface area (Å²) < 4.78 is 2.19. The molecule has 0 fully saturated rings. The molecule has 0 aliphatic heterocycles. The van der Waals surface area contributed by atoms with E-state index < -0.39 is 11.4 Å². The number of imidazole rings is 1. The molecule has 1 aromatic heterocycles. The van der Waals surface area contributed by atoms with Gasteiger partial charge >= 0.3 is 5.97 Å². The maximum atomic E-state index is 12.7. The van der Waals surface area contributed by atoms with Crippen LogP contribution in [0.3, 0.4) is 0 Å². The van der Waals surface area contributed by atoms with E-state index >= 15 is 0 Å². The fourth-order valence-corrected chi connectivity index (χ4v) is 4.78. The Morgan fingerprint density at radius 1 is 1.05 bits per heavy atom. The molecule has 1 amide bonds. The molecule has 0 saturated carbocycles. The summed E-state index contributed by atoms with van der Waals surface area (Å²) in [6.45, 7) is 6.57. The summed E-state index contributed by atoms with van der Waals surface area (Å²) in [7, 11) is 0. The van der Waals surface area contributed by atoms with Crippen LogP contribution in [0.5, 0.6) is 0 Å². The highest BCUT2D eigenvalue weighted by atomic mass is 16.4. The Hall–Kier alpha value is -4.26. The van der Waals surface area contributed by atoms with Gasteiger partial charge in [-0.05, 0) is 52.8 Å². The first-order chi connectivity index (χ1) is 18.7. The number of carbonyl (C=O) groups is 3. The van der Waals surface area contributed by atoms with Crippen molar-refractivity contribution in [1.29, 1.82) is 0 Å². The van der Waals surface area contributed by atoms with Crippen LogP contribution < -0.4 is 5.32 Å². The van der Waals surface area contributed by atoms with Gasteiger partial charge in [0.2, 0.25) is 5.91 Å². The van der Waals surface area contributed by atoms with Gasteiger partial charge in [-0.25, -0.2) is 9.78 Å². The largest absolute Gasteiger partial charge is 0.478 e. The third kappa shape index (κ3) is 6.79. The summed E-state index contributed by atoms with van der Waals surface area (Å²) in [5.41, 5.74) is 4.97. The Labute approximate surface area is 228 Å². The van der Waals surface area contributed by atoms with Gasteiger partial charge in [-0.15, -0.1) is 0 Å². The van der Waals surface area contributed by atoms with Gasteiger partial charge in [-0.3, -0.25) is 4.79 Å². The van der Waals surface area contributed by atoms with Crippen molar-refractivity contribution in [2.24, 2.45) is 5.41 Å². The first kappa shape index (κ1) is 27.8. The number of benzene rings is 3. The number of aromatic carboxylic acids is 1. The van der Waals surface area contributed by atoms with E-state index in [1.165, 1.54) is 0 Å². The first-order valence-corrected chi connectivity index (χ1v) is 13.3. The van der Waals surface area contributed by atoms with Crippen molar-refractivity contribution >= 4 is 34.9 Å². The zero-order chi connectivity index (χ0) is 28.0. The molecule has 3 aromatic carbocycles. The maximum absolute atomic E-state index is 12.7. The number of unbranched alkanes of at least 4 members (excludes halogenated alkanes) is 1. The van der Waals surface area contributed by atoms with Crippen LogP contribution in [0, 0.1) is 5.41 Å². The molecular formula is C32H35N3O4. The highest BCUT2D eigenvalue weighted by Gasteiger charge is 2.22. The highest BCUT2D eigenvalue weighted by Crippen LogP contribution is 2.28. The van der Waals surface area contributed by atoms with Gasteiger partial charge in [0.05, 0.1) is 16.6 Å². The number of carboxylic acids is 1. The highest BCUT2D eigenvalue weighted by molar-refractivity contribution is 5.96. The predicted octanol–water partition coefficient (Wildman–Crippen LogP) is 6.74. The van der Waals surface area contributed by atoms with Gasteiger partial charge in [0, 0.05) is 31.5 Å². The Balaban J connectivity index is 1.62. The molecule has 0 spiro atoms. The Morgan fingerprint density at radius 2 is 1.79 bits per heavy atom. The molecule has 0 unspecified atom stereocenters. The summed E-state index contributed by atoms with van der Waals surface area (Å²) in [6.07, 6.45) is 4.35. The number of carboxylic acid groups (broad SMARTS) is 1. The number of hydrogen-bond donors (Lipinski definition) is 2. The monoisotopic (exact) mass is 525 g/mol. The van der Waals surface area contributed by atoms with E-state index in [-0.39, 0.29) is 17.9 Å². The number of nitrogens with zero attached hydrogens (tertiary/aromatic N) is 2. The zero-order valence-corrected chi connectivity index (χ0v) is 22.7. The molecule has 0 atom stereocenters. The lowest BCUT2D eigenvalue weighted by Gasteiger charge is -2.20. The fourth-order valence-electron chi connectivity index (χ4n) is 4.78. The van der Waals surface area contributed by atoms with E-state index in [0.29, 0.717) is 24.2 Å². The summed E-state index contributed by atoms with van der Waals surface area (Å²) in [4.78, 5) is 40.2. The number of rotatable bonds is 12. The third-order valence-corrected chi connectivity index (χ3v) is 6.90. The van der Waals surface area contributed by atoms with E-state index in [9.17, 15) is 19.5 Å². The number of fused-ring (bicyclic) bond motifs is 1. The lowest BCUT2D eigenvalue weighted by Crippen LogP contribution is -2.22. The Bertz CT molecular complexity index is 1490. The lowest BCUT2D eigenvalue weighted by molar-refractivity contribution is -0.118. The number of aryl methyl sites for hydroxylation is 1. The number of anilines is 1. The lowest BCUT2D eigenvalue weighted by atomic mass is 9.86. The molecule has 0 aliphatic rings. The quantitative estimate of drug-likeness (QED) is 0.200. The van der Waals surface area contributed by atoms with Crippen LogP contribution in [0.15, 0.2) is 66.7 Å². The molecule has 0 bridgehead atoms.